The normalized spacial score (nSPS) is 24.2. The minimum Gasteiger partial charge on any atom is -0.387 e. The molecule has 2 nitrogen and oxygen atoms in total. The molecule has 0 amide bonds. The first kappa shape index (κ1) is 16.5. The van der Waals surface area contributed by atoms with Crippen LogP contribution in [0, 0.1) is 5.92 Å². The highest BCUT2D eigenvalue weighted by Gasteiger charge is 2.23. The zero-order valence-electron chi connectivity index (χ0n) is 13.9. The van der Waals surface area contributed by atoms with Crippen molar-refractivity contribution >= 4 is 0 Å². The Morgan fingerprint density at radius 3 is 2.57 bits per heavy atom. The van der Waals surface area contributed by atoms with Crippen LogP contribution in [0.1, 0.15) is 63.2 Å². The average Bonchev–Trinajstić information content (AvgIpc) is 2.48. The third kappa shape index (κ3) is 4.82. The fourth-order valence-corrected chi connectivity index (χ4v) is 3.52. The molecule has 0 saturated heterocycles. The molecule has 2 rings (SSSR count). The van der Waals surface area contributed by atoms with Crippen molar-refractivity contribution in [3.05, 3.63) is 35.4 Å². The smallest absolute Gasteiger partial charge is 0.0916 e. The lowest BCUT2D eigenvalue weighted by atomic mass is 9.86. The molecule has 1 aliphatic carbocycles. The molecule has 1 saturated carbocycles. The molecule has 1 aromatic rings. The highest BCUT2D eigenvalue weighted by Crippen LogP contribution is 2.27. The molecule has 0 bridgehead atoms. The average molecular weight is 289 g/mol. The molecular formula is C19H31NO. The third-order valence-corrected chi connectivity index (χ3v) is 4.90. The number of aryl methyl sites for hydroxylation is 1. The number of nitrogens with zero attached hydrogens (tertiary/aromatic N) is 1. The second-order valence-corrected chi connectivity index (χ2v) is 6.87. The minimum absolute atomic E-state index is 0.372. The Bertz CT molecular complexity index is 414. The molecule has 0 aromatic heterocycles. The zero-order chi connectivity index (χ0) is 15.2. The number of rotatable bonds is 6. The summed E-state index contributed by atoms with van der Waals surface area (Å²) in [6, 6.07) is 9.14. The van der Waals surface area contributed by atoms with E-state index in [1.165, 1.54) is 37.7 Å². The van der Waals surface area contributed by atoms with E-state index in [-0.39, 0.29) is 6.10 Å². The summed E-state index contributed by atoms with van der Waals surface area (Å²) in [5, 5.41) is 10.5. The predicted octanol–water partition coefficient (Wildman–Crippen LogP) is 4.18. The monoisotopic (exact) mass is 289 g/mol. The van der Waals surface area contributed by atoms with Crippen LogP contribution in [0.3, 0.4) is 0 Å². The molecule has 3 unspecified atom stereocenters. The molecule has 0 heterocycles. The first-order chi connectivity index (χ1) is 10.1. The maximum Gasteiger partial charge on any atom is 0.0916 e. The van der Waals surface area contributed by atoms with Crippen molar-refractivity contribution < 1.29 is 5.11 Å². The summed E-state index contributed by atoms with van der Waals surface area (Å²) >= 11 is 0. The van der Waals surface area contributed by atoms with Gasteiger partial charge in [0, 0.05) is 12.6 Å². The largest absolute Gasteiger partial charge is 0.387 e. The lowest BCUT2D eigenvalue weighted by Gasteiger charge is -2.35. The predicted molar refractivity (Wildman–Crippen MR) is 89.4 cm³/mol. The van der Waals surface area contributed by atoms with Crippen LogP contribution in [-0.4, -0.2) is 29.6 Å². The second kappa shape index (κ2) is 7.95. The van der Waals surface area contributed by atoms with Crippen molar-refractivity contribution in [1.29, 1.82) is 0 Å². The van der Waals surface area contributed by atoms with Crippen LogP contribution in [0.4, 0.5) is 0 Å². The summed E-state index contributed by atoms with van der Waals surface area (Å²) in [4.78, 5) is 2.36. The maximum atomic E-state index is 10.5. The molecule has 21 heavy (non-hydrogen) atoms. The van der Waals surface area contributed by atoms with Gasteiger partial charge in [-0.2, -0.15) is 0 Å². The molecule has 0 spiro atoms. The van der Waals surface area contributed by atoms with E-state index in [4.69, 9.17) is 0 Å². The van der Waals surface area contributed by atoms with Crippen molar-refractivity contribution in [3.63, 3.8) is 0 Å². The Labute approximate surface area is 130 Å². The van der Waals surface area contributed by atoms with Crippen LogP contribution < -0.4 is 0 Å². The van der Waals surface area contributed by atoms with Crippen LogP contribution in [0.5, 0.6) is 0 Å². The van der Waals surface area contributed by atoms with Crippen LogP contribution in [-0.2, 0) is 6.42 Å². The van der Waals surface area contributed by atoms with Gasteiger partial charge in [0.2, 0.25) is 0 Å². The molecule has 1 aromatic carbocycles. The van der Waals surface area contributed by atoms with E-state index in [1.807, 2.05) is 0 Å². The van der Waals surface area contributed by atoms with E-state index in [9.17, 15) is 5.11 Å². The summed E-state index contributed by atoms with van der Waals surface area (Å²) < 4.78 is 0. The summed E-state index contributed by atoms with van der Waals surface area (Å²) in [6.07, 6.45) is 7.18. The number of hydrogen-bond acceptors (Lipinski definition) is 2. The quantitative estimate of drug-likeness (QED) is 0.849. The standard InChI is InChI=1S/C19H31NO/c1-4-6-16-9-11-17(12-10-16)19(21)14-20(3)18-8-5-7-15(2)13-18/h9-12,15,18-19,21H,4-8,13-14H2,1-3H3. The van der Waals surface area contributed by atoms with Crippen molar-refractivity contribution in [2.24, 2.45) is 5.92 Å². The van der Waals surface area contributed by atoms with Crippen molar-refractivity contribution in [2.45, 2.75) is 64.5 Å². The molecule has 3 atom stereocenters. The molecule has 118 valence electrons. The summed E-state index contributed by atoms with van der Waals surface area (Å²) in [5.41, 5.74) is 2.41. The lowest BCUT2D eigenvalue weighted by molar-refractivity contribution is 0.0831. The van der Waals surface area contributed by atoms with Gasteiger partial charge in [0.05, 0.1) is 6.10 Å². The number of aliphatic hydroxyl groups is 1. The Morgan fingerprint density at radius 1 is 1.24 bits per heavy atom. The molecule has 1 N–H and O–H groups in total. The number of benzene rings is 1. The van der Waals surface area contributed by atoms with Crippen LogP contribution in [0.15, 0.2) is 24.3 Å². The van der Waals surface area contributed by atoms with E-state index in [1.54, 1.807) is 0 Å². The Balaban J connectivity index is 1.89. The maximum absolute atomic E-state index is 10.5. The van der Waals surface area contributed by atoms with Crippen LogP contribution >= 0.6 is 0 Å². The number of hydrogen-bond donors (Lipinski definition) is 1. The van der Waals surface area contributed by atoms with Gasteiger partial charge in [-0.15, -0.1) is 0 Å². The summed E-state index contributed by atoms with van der Waals surface area (Å²) in [5.74, 6) is 0.830. The highest BCUT2D eigenvalue weighted by molar-refractivity contribution is 5.24. The Morgan fingerprint density at radius 2 is 1.95 bits per heavy atom. The third-order valence-electron chi connectivity index (χ3n) is 4.90. The number of aliphatic hydroxyl groups excluding tert-OH is 1. The molecule has 1 aliphatic rings. The van der Waals surface area contributed by atoms with E-state index in [0.717, 1.165) is 24.4 Å². The highest BCUT2D eigenvalue weighted by atomic mass is 16.3. The molecule has 2 heteroatoms. The molecular weight excluding hydrogens is 258 g/mol. The van der Waals surface area contributed by atoms with E-state index < -0.39 is 0 Å². The zero-order valence-corrected chi connectivity index (χ0v) is 13.9. The van der Waals surface area contributed by atoms with Crippen LogP contribution in [0.25, 0.3) is 0 Å². The van der Waals surface area contributed by atoms with Gasteiger partial charge < -0.3 is 10.0 Å². The fourth-order valence-electron chi connectivity index (χ4n) is 3.52. The van der Waals surface area contributed by atoms with Gasteiger partial charge in [-0.3, -0.25) is 0 Å². The van der Waals surface area contributed by atoms with Crippen molar-refractivity contribution in [1.82, 2.24) is 4.90 Å². The van der Waals surface area contributed by atoms with E-state index >= 15 is 0 Å². The first-order valence-corrected chi connectivity index (χ1v) is 8.57. The van der Waals surface area contributed by atoms with Crippen molar-refractivity contribution in [2.75, 3.05) is 13.6 Å². The van der Waals surface area contributed by atoms with Gasteiger partial charge in [-0.25, -0.2) is 0 Å². The molecule has 1 fully saturated rings. The van der Waals surface area contributed by atoms with E-state index in [0.29, 0.717) is 6.04 Å². The van der Waals surface area contributed by atoms with Gasteiger partial charge in [0.1, 0.15) is 0 Å². The van der Waals surface area contributed by atoms with Gasteiger partial charge in [-0.05, 0) is 43.4 Å². The minimum atomic E-state index is -0.372. The summed E-state index contributed by atoms with van der Waals surface area (Å²) in [7, 11) is 2.16. The summed E-state index contributed by atoms with van der Waals surface area (Å²) in [6.45, 7) is 5.29. The Hall–Kier alpha value is -0.860. The first-order valence-electron chi connectivity index (χ1n) is 8.57. The molecule has 0 aliphatic heterocycles. The van der Waals surface area contributed by atoms with Gasteiger partial charge in [-0.1, -0.05) is 57.4 Å². The number of likely N-dealkylation sites (N-methyl/N-ethyl adjacent to an activating group) is 1. The SMILES string of the molecule is CCCc1ccc(C(O)CN(C)C2CCCC(C)C2)cc1. The Kier molecular flexibility index (Phi) is 6.25. The molecule has 0 radical (unpaired) electrons. The van der Waals surface area contributed by atoms with Crippen LogP contribution in [0.2, 0.25) is 0 Å². The fraction of sp³-hybridized carbons (Fsp3) is 0.684. The van der Waals surface area contributed by atoms with Crippen molar-refractivity contribution in [3.8, 4) is 0 Å². The van der Waals surface area contributed by atoms with Gasteiger partial charge in [0.15, 0.2) is 0 Å². The van der Waals surface area contributed by atoms with Gasteiger partial charge in [0.25, 0.3) is 0 Å². The lowest BCUT2D eigenvalue weighted by Crippen LogP contribution is -2.38. The van der Waals surface area contributed by atoms with Gasteiger partial charge >= 0.3 is 0 Å². The second-order valence-electron chi connectivity index (χ2n) is 6.87. The van der Waals surface area contributed by atoms with E-state index in [2.05, 4.69) is 50.1 Å². The topological polar surface area (TPSA) is 23.5 Å².